The van der Waals surface area contributed by atoms with Crippen LogP contribution in [0.15, 0.2) is 63.5 Å². The molecule has 0 saturated heterocycles. The number of hydrogen-bond donors (Lipinski definition) is 0. The predicted molar refractivity (Wildman–Crippen MR) is 158 cm³/mol. The first-order chi connectivity index (χ1) is 19.9. The van der Waals surface area contributed by atoms with Gasteiger partial charge in [0.1, 0.15) is 18.4 Å². The van der Waals surface area contributed by atoms with E-state index in [1.54, 1.807) is 24.7 Å². The number of carbonyl (C=O) groups excluding carboxylic acids is 1. The summed E-state index contributed by atoms with van der Waals surface area (Å²) < 4.78 is 30.2. The molecule has 9 nitrogen and oxygen atoms in total. The van der Waals surface area contributed by atoms with Crippen molar-refractivity contribution in [2.75, 3.05) is 40.6 Å². The highest BCUT2D eigenvalue weighted by molar-refractivity contribution is 7.07. The van der Waals surface area contributed by atoms with Crippen LogP contribution < -0.4 is 29.1 Å². The van der Waals surface area contributed by atoms with Gasteiger partial charge in [0, 0.05) is 18.2 Å². The molecule has 2 heterocycles. The van der Waals surface area contributed by atoms with Gasteiger partial charge in [-0.15, -0.1) is 0 Å². The molecule has 1 aromatic heterocycles. The van der Waals surface area contributed by atoms with E-state index in [0.717, 1.165) is 12.8 Å². The fourth-order valence-electron chi connectivity index (χ4n) is 4.53. The highest BCUT2D eigenvalue weighted by Gasteiger charge is 2.35. The Morgan fingerprint density at radius 1 is 0.976 bits per heavy atom. The number of methoxy groups -OCH3 is 2. The summed E-state index contributed by atoms with van der Waals surface area (Å²) in [6.45, 7) is 7.12. The van der Waals surface area contributed by atoms with Crippen LogP contribution in [0.4, 0.5) is 0 Å². The lowest BCUT2D eigenvalue weighted by Gasteiger charge is -2.26. The van der Waals surface area contributed by atoms with Gasteiger partial charge in [0.15, 0.2) is 16.3 Å². The fraction of sp³-hybridized carbons (Fsp3) is 0.387. The van der Waals surface area contributed by atoms with Crippen molar-refractivity contribution in [3.8, 4) is 17.2 Å². The topological polar surface area (TPSA) is 97.6 Å². The van der Waals surface area contributed by atoms with Gasteiger partial charge in [-0.05, 0) is 38.0 Å². The lowest BCUT2D eigenvalue weighted by atomic mass is 9.95. The summed E-state index contributed by atoms with van der Waals surface area (Å²) in [5, 5.41) is 0. The van der Waals surface area contributed by atoms with Gasteiger partial charge >= 0.3 is 5.97 Å². The molecule has 0 aliphatic carbocycles. The fourth-order valence-corrected chi connectivity index (χ4v) is 5.57. The highest BCUT2D eigenvalue weighted by Crippen LogP contribution is 2.36. The largest absolute Gasteiger partial charge is 0.493 e. The van der Waals surface area contributed by atoms with Gasteiger partial charge in [0.25, 0.3) is 5.56 Å². The van der Waals surface area contributed by atoms with Crippen molar-refractivity contribution in [3.63, 3.8) is 0 Å². The standard InChI is InChI=1S/C31H36N2O7S/c1-6-15-38-23-13-9-8-12-22(23)27-26(30(35)40-18-17-36-4)20(3)32-31-33(27)29(34)25(41-31)19-21-11-10-14-24(37-5)28(21)39-16-7-2/h8-14,19,27H,6-7,15-18H2,1-5H3/b25-19+/t27-/m0/s1. The van der Waals surface area contributed by atoms with Crippen LogP contribution in [0.3, 0.4) is 0 Å². The first kappa shape index (κ1) is 30.1. The summed E-state index contributed by atoms with van der Waals surface area (Å²) in [6.07, 6.45) is 3.41. The number of para-hydroxylation sites is 2. The number of allylic oxidation sites excluding steroid dienone is 1. The van der Waals surface area contributed by atoms with Gasteiger partial charge in [-0.2, -0.15) is 0 Å². The smallest absolute Gasteiger partial charge is 0.338 e. The zero-order valence-corrected chi connectivity index (χ0v) is 24.9. The van der Waals surface area contributed by atoms with Gasteiger partial charge < -0.3 is 23.7 Å². The monoisotopic (exact) mass is 580 g/mol. The van der Waals surface area contributed by atoms with Crippen molar-refractivity contribution >= 4 is 23.4 Å². The molecule has 41 heavy (non-hydrogen) atoms. The van der Waals surface area contributed by atoms with Crippen molar-refractivity contribution in [2.24, 2.45) is 4.99 Å². The number of rotatable bonds is 13. The zero-order valence-electron chi connectivity index (χ0n) is 24.1. The van der Waals surface area contributed by atoms with E-state index in [9.17, 15) is 9.59 Å². The third-order valence-electron chi connectivity index (χ3n) is 6.40. The Kier molecular flexibility index (Phi) is 10.4. The van der Waals surface area contributed by atoms with E-state index in [-0.39, 0.29) is 24.3 Å². The third kappa shape index (κ3) is 6.55. The van der Waals surface area contributed by atoms with E-state index in [0.29, 0.717) is 56.6 Å². The van der Waals surface area contributed by atoms with Crippen LogP contribution in [0.1, 0.15) is 50.8 Å². The minimum absolute atomic E-state index is 0.0770. The van der Waals surface area contributed by atoms with Crippen LogP contribution in [0.25, 0.3) is 6.08 Å². The van der Waals surface area contributed by atoms with Crippen LogP contribution >= 0.6 is 11.3 Å². The van der Waals surface area contributed by atoms with Gasteiger partial charge in [0.2, 0.25) is 0 Å². The number of ether oxygens (including phenoxy) is 5. The van der Waals surface area contributed by atoms with Crippen LogP contribution in [0, 0.1) is 0 Å². The molecule has 0 spiro atoms. The Hall–Kier alpha value is -3.89. The molecule has 10 heteroatoms. The van der Waals surface area contributed by atoms with E-state index >= 15 is 0 Å². The summed E-state index contributed by atoms with van der Waals surface area (Å²) in [4.78, 5) is 32.7. The minimum Gasteiger partial charge on any atom is -0.493 e. The van der Waals surface area contributed by atoms with Crippen molar-refractivity contribution in [2.45, 2.75) is 39.7 Å². The molecule has 218 valence electrons. The molecule has 0 amide bonds. The lowest BCUT2D eigenvalue weighted by molar-refractivity contribution is -0.140. The molecule has 0 fully saturated rings. The number of aromatic nitrogens is 1. The second-order valence-electron chi connectivity index (χ2n) is 9.32. The number of fused-ring (bicyclic) bond motifs is 1. The van der Waals surface area contributed by atoms with Gasteiger partial charge in [-0.1, -0.05) is 55.5 Å². The SMILES string of the molecule is CCCOc1ccccc1[C@H]1C(C(=O)OCCOC)=C(C)N=c2s/c(=C/c3cccc(OC)c3OCCC)c(=O)n21. The zero-order chi connectivity index (χ0) is 29.4. The van der Waals surface area contributed by atoms with E-state index in [1.165, 1.54) is 18.4 Å². The Balaban J connectivity index is 1.92. The Morgan fingerprint density at radius 3 is 2.44 bits per heavy atom. The van der Waals surface area contributed by atoms with Crippen LogP contribution in [0.2, 0.25) is 0 Å². The number of thiazole rings is 1. The van der Waals surface area contributed by atoms with Crippen molar-refractivity contribution in [3.05, 3.63) is 84.5 Å². The van der Waals surface area contributed by atoms with E-state index < -0.39 is 12.0 Å². The summed E-state index contributed by atoms with van der Waals surface area (Å²) in [6, 6.07) is 12.2. The average molecular weight is 581 g/mol. The normalized spacial score (nSPS) is 14.9. The maximum absolute atomic E-state index is 14.1. The Bertz CT molecular complexity index is 1590. The number of carbonyl (C=O) groups is 1. The Labute approximate surface area is 243 Å². The first-order valence-electron chi connectivity index (χ1n) is 13.6. The van der Waals surface area contributed by atoms with Gasteiger partial charge in [-0.25, -0.2) is 9.79 Å². The van der Waals surface area contributed by atoms with Crippen molar-refractivity contribution < 1.29 is 28.5 Å². The second-order valence-corrected chi connectivity index (χ2v) is 10.3. The quantitative estimate of drug-likeness (QED) is 0.223. The summed E-state index contributed by atoms with van der Waals surface area (Å²) in [5.41, 5.74) is 1.85. The molecular formula is C31H36N2O7S. The van der Waals surface area contributed by atoms with E-state index in [4.69, 9.17) is 23.7 Å². The lowest BCUT2D eigenvalue weighted by Crippen LogP contribution is -2.40. The van der Waals surface area contributed by atoms with Gasteiger partial charge in [-0.3, -0.25) is 9.36 Å². The second kappa shape index (κ2) is 14.1. The predicted octanol–water partition coefficient (Wildman–Crippen LogP) is 4.01. The highest BCUT2D eigenvalue weighted by atomic mass is 32.1. The average Bonchev–Trinajstić information content (AvgIpc) is 3.28. The van der Waals surface area contributed by atoms with Crippen LogP contribution in [0.5, 0.6) is 17.2 Å². The molecule has 0 unspecified atom stereocenters. The van der Waals surface area contributed by atoms with Gasteiger partial charge in [0.05, 0.1) is 42.7 Å². The van der Waals surface area contributed by atoms with Crippen LogP contribution in [-0.4, -0.2) is 51.2 Å². The molecule has 4 rings (SSSR count). The molecule has 3 aromatic rings. The minimum atomic E-state index is -0.794. The molecule has 0 radical (unpaired) electrons. The molecule has 1 aliphatic rings. The third-order valence-corrected chi connectivity index (χ3v) is 7.39. The van der Waals surface area contributed by atoms with E-state index in [1.807, 2.05) is 56.3 Å². The summed E-state index contributed by atoms with van der Waals surface area (Å²) in [7, 11) is 3.12. The molecule has 1 atom stereocenters. The first-order valence-corrected chi connectivity index (χ1v) is 14.5. The van der Waals surface area contributed by atoms with Crippen molar-refractivity contribution in [1.82, 2.24) is 4.57 Å². The van der Waals surface area contributed by atoms with Crippen LogP contribution in [-0.2, 0) is 14.3 Å². The molecule has 0 saturated carbocycles. The number of hydrogen-bond acceptors (Lipinski definition) is 9. The van der Waals surface area contributed by atoms with E-state index in [2.05, 4.69) is 4.99 Å². The molecule has 0 bridgehead atoms. The maximum atomic E-state index is 14.1. The van der Waals surface area contributed by atoms with Crippen molar-refractivity contribution in [1.29, 1.82) is 0 Å². The summed E-state index contributed by atoms with van der Waals surface area (Å²) in [5.74, 6) is 1.18. The molecule has 2 aromatic carbocycles. The molecule has 0 N–H and O–H groups in total. The number of benzene rings is 2. The number of nitrogens with zero attached hydrogens (tertiary/aromatic N) is 2. The molecule has 1 aliphatic heterocycles. The summed E-state index contributed by atoms with van der Waals surface area (Å²) >= 11 is 1.25. The Morgan fingerprint density at radius 2 is 1.71 bits per heavy atom. The number of esters is 1. The maximum Gasteiger partial charge on any atom is 0.338 e. The molecular weight excluding hydrogens is 544 g/mol.